The number of benzene rings is 1. The van der Waals surface area contributed by atoms with E-state index in [-0.39, 0.29) is 5.75 Å². The second kappa shape index (κ2) is 5.66. The molecule has 0 aliphatic carbocycles. The lowest BCUT2D eigenvalue weighted by Gasteiger charge is -2.10. The molecule has 0 saturated carbocycles. The van der Waals surface area contributed by atoms with Crippen LogP contribution in [0.25, 0.3) is 0 Å². The minimum absolute atomic E-state index is 0.275. The Morgan fingerprint density at radius 2 is 1.80 bits per heavy atom. The van der Waals surface area contributed by atoms with E-state index in [2.05, 4.69) is 36.0 Å². The third-order valence-electron chi connectivity index (χ3n) is 2.17. The smallest absolute Gasteiger partial charge is 0.406 e. The summed E-state index contributed by atoms with van der Waals surface area (Å²) in [4.78, 5) is 8.20. The third-order valence-corrected chi connectivity index (χ3v) is 2.57. The molecule has 1 heterocycles. The van der Waals surface area contributed by atoms with Crippen LogP contribution >= 0.6 is 15.9 Å². The molecule has 0 radical (unpaired) electrons. The van der Waals surface area contributed by atoms with E-state index >= 15 is 0 Å². The van der Waals surface area contributed by atoms with Crippen molar-refractivity contribution < 1.29 is 17.9 Å². The van der Waals surface area contributed by atoms with E-state index in [1.807, 2.05) is 0 Å². The Kier molecular flexibility index (Phi) is 4.12. The Bertz CT molecular complexity index is 582. The lowest BCUT2D eigenvalue weighted by molar-refractivity contribution is -0.274. The van der Waals surface area contributed by atoms with Gasteiger partial charge in [-0.3, -0.25) is 0 Å². The predicted octanol–water partition coefficient (Wildman–Crippen LogP) is 4.19. The fourth-order valence-electron chi connectivity index (χ4n) is 1.48. The van der Waals surface area contributed by atoms with Crippen LogP contribution in [0.5, 0.6) is 5.75 Å². The van der Waals surface area contributed by atoms with Crippen molar-refractivity contribution in [2.24, 2.45) is 0 Å². The highest BCUT2D eigenvalue weighted by Gasteiger charge is 2.30. The summed E-state index contributed by atoms with van der Waals surface area (Å²) >= 11 is 3.23. The minimum Gasteiger partial charge on any atom is -0.406 e. The van der Waals surface area contributed by atoms with Crippen molar-refractivity contribution in [3.05, 3.63) is 40.8 Å². The molecule has 1 aromatic carbocycles. The third kappa shape index (κ3) is 4.37. The van der Waals surface area contributed by atoms with Crippen LogP contribution in [-0.2, 0) is 0 Å². The van der Waals surface area contributed by atoms with E-state index in [9.17, 15) is 13.2 Å². The molecule has 20 heavy (non-hydrogen) atoms. The maximum Gasteiger partial charge on any atom is 0.573 e. The fraction of sp³-hybridized carbons (Fsp3) is 0.167. The SMILES string of the molecule is Cc1nc(Br)cc(Nc2ccc(OC(F)(F)F)cc2)n1. The molecule has 0 aliphatic heterocycles. The predicted molar refractivity (Wildman–Crippen MR) is 70.9 cm³/mol. The van der Waals surface area contributed by atoms with Gasteiger partial charge in [0.05, 0.1) is 0 Å². The van der Waals surface area contributed by atoms with E-state index < -0.39 is 6.36 Å². The fourth-order valence-corrected chi connectivity index (χ4v) is 1.96. The highest BCUT2D eigenvalue weighted by atomic mass is 79.9. The molecule has 0 unspecified atom stereocenters. The van der Waals surface area contributed by atoms with Crippen molar-refractivity contribution in [3.8, 4) is 5.75 Å². The molecule has 0 saturated heterocycles. The number of hydrogen-bond acceptors (Lipinski definition) is 4. The molecule has 0 amide bonds. The Morgan fingerprint density at radius 3 is 2.35 bits per heavy atom. The van der Waals surface area contributed by atoms with Crippen molar-refractivity contribution in [1.29, 1.82) is 0 Å². The van der Waals surface area contributed by atoms with Crippen LogP contribution in [0.3, 0.4) is 0 Å². The molecule has 1 aromatic heterocycles. The average molecular weight is 348 g/mol. The van der Waals surface area contributed by atoms with Gasteiger partial charge >= 0.3 is 6.36 Å². The number of nitrogens with zero attached hydrogens (tertiary/aromatic N) is 2. The molecule has 1 N–H and O–H groups in total. The summed E-state index contributed by atoms with van der Waals surface area (Å²) in [5, 5.41) is 2.96. The van der Waals surface area contributed by atoms with Gasteiger partial charge in [-0.25, -0.2) is 9.97 Å². The van der Waals surface area contributed by atoms with Crippen LogP contribution in [-0.4, -0.2) is 16.3 Å². The van der Waals surface area contributed by atoms with Gasteiger partial charge in [-0.2, -0.15) is 0 Å². The van der Waals surface area contributed by atoms with Crippen LogP contribution in [0.4, 0.5) is 24.7 Å². The van der Waals surface area contributed by atoms with Gasteiger partial charge in [0.2, 0.25) is 0 Å². The van der Waals surface area contributed by atoms with Crippen molar-refractivity contribution in [1.82, 2.24) is 9.97 Å². The van der Waals surface area contributed by atoms with Crippen LogP contribution in [0.15, 0.2) is 34.9 Å². The molecule has 0 bridgehead atoms. The minimum atomic E-state index is -4.69. The van der Waals surface area contributed by atoms with Gasteiger partial charge in [-0.15, -0.1) is 13.2 Å². The standard InChI is InChI=1S/C12H9BrF3N3O/c1-7-17-10(13)6-11(18-7)19-8-2-4-9(5-3-8)20-12(14,15)16/h2-6H,1H3,(H,17,18,19). The van der Waals surface area contributed by atoms with Crippen LogP contribution < -0.4 is 10.1 Å². The molecule has 0 aliphatic rings. The molecule has 2 aromatic rings. The Morgan fingerprint density at radius 1 is 1.15 bits per heavy atom. The van der Waals surface area contributed by atoms with E-state index in [1.165, 1.54) is 24.3 Å². The van der Waals surface area contributed by atoms with Gasteiger partial charge in [0.1, 0.15) is 22.0 Å². The number of alkyl halides is 3. The second-order valence-electron chi connectivity index (χ2n) is 3.82. The van der Waals surface area contributed by atoms with E-state index in [0.717, 1.165) is 0 Å². The number of aromatic nitrogens is 2. The normalized spacial score (nSPS) is 11.2. The summed E-state index contributed by atoms with van der Waals surface area (Å²) in [5.74, 6) is 0.830. The monoisotopic (exact) mass is 347 g/mol. The summed E-state index contributed by atoms with van der Waals surface area (Å²) in [5.41, 5.74) is 0.588. The van der Waals surface area contributed by atoms with Gasteiger partial charge in [0.15, 0.2) is 0 Å². The summed E-state index contributed by atoms with van der Waals surface area (Å²) in [6.45, 7) is 1.73. The van der Waals surface area contributed by atoms with Crippen molar-refractivity contribution in [2.45, 2.75) is 13.3 Å². The van der Waals surface area contributed by atoms with Crippen LogP contribution in [0, 0.1) is 6.92 Å². The molecule has 8 heteroatoms. The Hall–Kier alpha value is -1.83. The number of aryl methyl sites for hydroxylation is 1. The highest BCUT2D eigenvalue weighted by molar-refractivity contribution is 9.10. The van der Waals surface area contributed by atoms with Gasteiger partial charge in [0.25, 0.3) is 0 Å². The summed E-state index contributed by atoms with van der Waals surface area (Å²) < 4.78 is 40.5. The molecule has 0 fully saturated rings. The maximum absolute atomic E-state index is 12.0. The lowest BCUT2D eigenvalue weighted by atomic mass is 10.3. The Balaban J connectivity index is 2.10. The lowest BCUT2D eigenvalue weighted by Crippen LogP contribution is -2.16. The van der Waals surface area contributed by atoms with Crippen molar-refractivity contribution in [3.63, 3.8) is 0 Å². The molecular weight excluding hydrogens is 339 g/mol. The quantitative estimate of drug-likeness (QED) is 0.845. The first-order chi connectivity index (χ1) is 9.32. The van der Waals surface area contributed by atoms with Gasteiger partial charge in [-0.1, -0.05) is 0 Å². The number of rotatable bonds is 3. The maximum atomic E-state index is 12.0. The summed E-state index contributed by atoms with van der Waals surface area (Å²) in [7, 11) is 0. The van der Waals surface area contributed by atoms with Crippen LogP contribution in [0.2, 0.25) is 0 Å². The van der Waals surface area contributed by atoms with Crippen molar-refractivity contribution >= 4 is 27.4 Å². The average Bonchev–Trinajstić information content (AvgIpc) is 2.28. The summed E-state index contributed by atoms with van der Waals surface area (Å²) in [6, 6.07) is 7.03. The topological polar surface area (TPSA) is 47.0 Å². The Labute approximate surface area is 121 Å². The molecule has 0 spiro atoms. The highest BCUT2D eigenvalue weighted by Crippen LogP contribution is 2.25. The molecule has 2 rings (SSSR count). The first-order valence-corrected chi connectivity index (χ1v) is 6.25. The van der Waals surface area contributed by atoms with Crippen molar-refractivity contribution in [2.75, 3.05) is 5.32 Å². The number of ether oxygens (including phenoxy) is 1. The zero-order chi connectivity index (χ0) is 14.8. The first-order valence-electron chi connectivity index (χ1n) is 5.46. The van der Waals surface area contributed by atoms with E-state index in [4.69, 9.17) is 0 Å². The largest absolute Gasteiger partial charge is 0.573 e. The molecular formula is C12H9BrF3N3O. The zero-order valence-electron chi connectivity index (χ0n) is 10.2. The van der Waals surface area contributed by atoms with Gasteiger partial charge in [0, 0.05) is 11.8 Å². The molecule has 106 valence electrons. The molecule has 4 nitrogen and oxygen atoms in total. The van der Waals surface area contributed by atoms with Gasteiger partial charge < -0.3 is 10.1 Å². The zero-order valence-corrected chi connectivity index (χ0v) is 11.8. The van der Waals surface area contributed by atoms with E-state index in [0.29, 0.717) is 21.9 Å². The molecule has 0 atom stereocenters. The summed E-state index contributed by atoms with van der Waals surface area (Å²) in [6.07, 6.45) is -4.69. The van der Waals surface area contributed by atoms with Gasteiger partial charge in [-0.05, 0) is 47.1 Å². The van der Waals surface area contributed by atoms with E-state index in [1.54, 1.807) is 13.0 Å². The number of nitrogens with one attached hydrogen (secondary N) is 1. The van der Waals surface area contributed by atoms with Crippen LogP contribution in [0.1, 0.15) is 5.82 Å². The first kappa shape index (κ1) is 14.6. The number of anilines is 2. The second-order valence-corrected chi connectivity index (χ2v) is 4.63. The number of hydrogen-bond donors (Lipinski definition) is 1. The number of halogens is 4.